The van der Waals surface area contributed by atoms with Crippen LogP contribution in [-0.2, 0) is 0 Å². The lowest BCUT2D eigenvalue weighted by atomic mass is 9.99. The second-order valence-corrected chi connectivity index (χ2v) is 7.16. The predicted molar refractivity (Wildman–Crippen MR) is 120 cm³/mol. The minimum atomic E-state index is -0.378. The standard InChI is InChI=1S/C25H21FN2O4/c1-27-25(31)22-20-14-17(16-3-2-4-18(13-16)24(30)28-11-12-29)7-10-21(20)32-23(22)15-5-8-19(26)9-6-15/h2-10,13-14,29H,11-12H2,1H3,(H,27,31)(H,28,30). The average Bonchev–Trinajstić information content (AvgIpc) is 3.21. The van der Waals surface area contributed by atoms with Crippen molar-refractivity contribution in [3.63, 3.8) is 0 Å². The number of halogens is 1. The molecule has 3 aromatic carbocycles. The topological polar surface area (TPSA) is 91.6 Å². The van der Waals surface area contributed by atoms with E-state index in [-0.39, 0.29) is 30.8 Å². The number of carbonyl (C=O) groups excluding carboxylic acids is 2. The summed E-state index contributed by atoms with van der Waals surface area (Å²) < 4.78 is 19.4. The van der Waals surface area contributed by atoms with Crippen molar-refractivity contribution in [1.29, 1.82) is 0 Å². The molecule has 0 radical (unpaired) electrons. The molecule has 7 heteroatoms. The van der Waals surface area contributed by atoms with E-state index in [9.17, 15) is 14.0 Å². The van der Waals surface area contributed by atoms with Crippen LogP contribution in [0.25, 0.3) is 33.4 Å². The SMILES string of the molecule is CNC(=O)c1c(-c2ccc(F)cc2)oc2ccc(-c3cccc(C(=O)NCCO)c3)cc12. The molecule has 0 spiro atoms. The number of nitrogens with one attached hydrogen (secondary N) is 2. The third kappa shape index (κ3) is 4.10. The van der Waals surface area contributed by atoms with Gasteiger partial charge in [0.2, 0.25) is 0 Å². The van der Waals surface area contributed by atoms with Gasteiger partial charge in [-0.3, -0.25) is 9.59 Å². The molecule has 0 saturated carbocycles. The summed E-state index contributed by atoms with van der Waals surface area (Å²) in [6, 6.07) is 18.3. The average molecular weight is 432 g/mol. The fourth-order valence-electron chi connectivity index (χ4n) is 3.54. The molecule has 1 heterocycles. The number of rotatable bonds is 6. The molecule has 0 unspecified atom stereocenters. The molecule has 1 aromatic heterocycles. The van der Waals surface area contributed by atoms with Gasteiger partial charge in [-0.05, 0) is 59.7 Å². The van der Waals surface area contributed by atoms with Gasteiger partial charge in [0, 0.05) is 30.1 Å². The van der Waals surface area contributed by atoms with E-state index in [2.05, 4.69) is 10.6 Å². The Morgan fingerprint density at radius 2 is 1.66 bits per heavy atom. The molecule has 0 aliphatic carbocycles. The Hall–Kier alpha value is -3.97. The third-order valence-electron chi connectivity index (χ3n) is 5.10. The van der Waals surface area contributed by atoms with Crippen LogP contribution in [0.1, 0.15) is 20.7 Å². The van der Waals surface area contributed by atoms with E-state index >= 15 is 0 Å². The number of furan rings is 1. The molecule has 3 N–H and O–H groups in total. The number of aliphatic hydroxyl groups excluding tert-OH is 1. The van der Waals surface area contributed by atoms with Crippen LogP contribution in [0.2, 0.25) is 0 Å². The van der Waals surface area contributed by atoms with Gasteiger partial charge in [-0.2, -0.15) is 0 Å². The summed E-state index contributed by atoms with van der Waals surface area (Å²) in [5.74, 6) is -0.627. The molecule has 0 fully saturated rings. The molecule has 162 valence electrons. The lowest BCUT2D eigenvalue weighted by Crippen LogP contribution is -2.26. The van der Waals surface area contributed by atoms with Crippen molar-refractivity contribution >= 4 is 22.8 Å². The lowest BCUT2D eigenvalue weighted by molar-refractivity contribution is 0.0942. The van der Waals surface area contributed by atoms with Crippen molar-refractivity contribution < 1.29 is 23.5 Å². The minimum absolute atomic E-state index is 0.138. The van der Waals surface area contributed by atoms with E-state index in [4.69, 9.17) is 9.52 Å². The highest BCUT2D eigenvalue weighted by atomic mass is 19.1. The van der Waals surface area contributed by atoms with E-state index in [1.54, 1.807) is 36.4 Å². The zero-order valence-corrected chi connectivity index (χ0v) is 17.3. The maximum Gasteiger partial charge on any atom is 0.255 e. The summed E-state index contributed by atoms with van der Waals surface area (Å²) in [5, 5.41) is 14.8. The van der Waals surface area contributed by atoms with Crippen molar-refractivity contribution in [3.05, 3.63) is 83.7 Å². The van der Waals surface area contributed by atoms with E-state index in [1.165, 1.54) is 19.2 Å². The first kappa shape index (κ1) is 21.3. The van der Waals surface area contributed by atoms with E-state index in [1.807, 2.05) is 18.2 Å². The number of carbonyl (C=O) groups is 2. The summed E-state index contributed by atoms with van der Waals surface area (Å²) in [5.41, 5.74) is 3.50. The first-order valence-electron chi connectivity index (χ1n) is 10.1. The molecular formula is C25H21FN2O4. The van der Waals surface area contributed by atoms with Crippen LogP contribution in [-0.4, -0.2) is 37.1 Å². The zero-order valence-electron chi connectivity index (χ0n) is 17.3. The first-order chi connectivity index (χ1) is 15.5. The summed E-state index contributed by atoms with van der Waals surface area (Å²) in [7, 11) is 1.54. The molecule has 32 heavy (non-hydrogen) atoms. The van der Waals surface area contributed by atoms with Crippen LogP contribution < -0.4 is 10.6 Å². The van der Waals surface area contributed by atoms with Crippen LogP contribution >= 0.6 is 0 Å². The van der Waals surface area contributed by atoms with Gasteiger partial charge in [-0.25, -0.2) is 4.39 Å². The fraction of sp³-hybridized carbons (Fsp3) is 0.120. The van der Waals surface area contributed by atoms with E-state index in [0.29, 0.717) is 33.4 Å². The Labute approximate surface area is 183 Å². The molecule has 0 saturated heterocycles. The number of fused-ring (bicyclic) bond motifs is 1. The van der Waals surface area contributed by atoms with Crippen molar-refractivity contribution in [2.75, 3.05) is 20.2 Å². The highest BCUT2D eigenvalue weighted by Crippen LogP contribution is 2.36. The van der Waals surface area contributed by atoms with Crippen molar-refractivity contribution in [3.8, 4) is 22.5 Å². The van der Waals surface area contributed by atoms with Crippen LogP contribution in [0.3, 0.4) is 0 Å². The molecule has 6 nitrogen and oxygen atoms in total. The summed E-state index contributed by atoms with van der Waals surface area (Å²) in [6.07, 6.45) is 0. The van der Waals surface area contributed by atoms with Gasteiger partial charge in [0.15, 0.2) is 0 Å². The van der Waals surface area contributed by atoms with E-state index in [0.717, 1.165) is 11.1 Å². The largest absolute Gasteiger partial charge is 0.455 e. The smallest absolute Gasteiger partial charge is 0.255 e. The van der Waals surface area contributed by atoms with Gasteiger partial charge in [-0.1, -0.05) is 18.2 Å². The Balaban J connectivity index is 1.81. The Kier molecular flexibility index (Phi) is 6.00. The van der Waals surface area contributed by atoms with Crippen LogP contribution in [0.15, 0.2) is 71.1 Å². The van der Waals surface area contributed by atoms with Crippen molar-refractivity contribution in [1.82, 2.24) is 10.6 Å². The Morgan fingerprint density at radius 1 is 0.938 bits per heavy atom. The van der Waals surface area contributed by atoms with Crippen molar-refractivity contribution in [2.45, 2.75) is 0 Å². The number of hydrogen-bond donors (Lipinski definition) is 3. The molecular weight excluding hydrogens is 411 g/mol. The van der Waals surface area contributed by atoms with Gasteiger partial charge in [0.1, 0.15) is 17.2 Å². The number of hydrogen-bond acceptors (Lipinski definition) is 4. The zero-order chi connectivity index (χ0) is 22.7. The molecule has 0 aliphatic heterocycles. The number of amides is 2. The Morgan fingerprint density at radius 3 is 2.38 bits per heavy atom. The van der Waals surface area contributed by atoms with Crippen LogP contribution in [0.5, 0.6) is 0 Å². The van der Waals surface area contributed by atoms with Gasteiger partial charge in [0.25, 0.3) is 11.8 Å². The quantitative estimate of drug-likeness (QED) is 0.430. The maximum absolute atomic E-state index is 13.4. The van der Waals surface area contributed by atoms with Crippen LogP contribution in [0.4, 0.5) is 4.39 Å². The summed E-state index contributed by atoms with van der Waals surface area (Å²) in [4.78, 5) is 25.0. The molecule has 4 aromatic rings. The van der Waals surface area contributed by atoms with E-state index < -0.39 is 0 Å². The predicted octanol–water partition coefficient (Wildman–Crippen LogP) is 3.99. The van der Waals surface area contributed by atoms with Gasteiger partial charge >= 0.3 is 0 Å². The lowest BCUT2D eigenvalue weighted by Gasteiger charge is -2.07. The van der Waals surface area contributed by atoms with Crippen molar-refractivity contribution in [2.24, 2.45) is 0 Å². The Bertz CT molecular complexity index is 1300. The third-order valence-corrected chi connectivity index (χ3v) is 5.10. The van der Waals surface area contributed by atoms with Gasteiger partial charge < -0.3 is 20.2 Å². The number of benzene rings is 3. The second-order valence-electron chi connectivity index (χ2n) is 7.16. The van der Waals surface area contributed by atoms with Gasteiger partial charge in [-0.15, -0.1) is 0 Å². The maximum atomic E-state index is 13.4. The number of aliphatic hydroxyl groups is 1. The molecule has 2 amide bonds. The molecule has 0 bridgehead atoms. The fourth-order valence-corrected chi connectivity index (χ4v) is 3.54. The molecule has 0 atom stereocenters. The summed E-state index contributed by atoms with van der Waals surface area (Å²) >= 11 is 0. The highest BCUT2D eigenvalue weighted by Gasteiger charge is 2.22. The minimum Gasteiger partial charge on any atom is -0.455 e. The molecule has 0 aliphatic rings. The van der Waals surface area contributed by atoms with Crippen LogP contribution in [0, 0.1) is 5.82 Å². The molecule has 4 rings (SSSR count). The van der Waals surface area contributed by atoms with Gasteiger partial charge in [0.05, 0.1) is 12.2 Å². The second kappa shape index (κ2) is 9.03. The monoisotopic (exact) mass is 432 g/mol. The normalized spacial score (nSPS) is 10.8. The highest BCUT2D eigenvalue weighted by molar-refractivity contribution is 6.11. The first-order valence-corrected chi connectivity index (χ1v) is 10.1. The summed E-state index contributed by atoms with van der Waals surface area (Å²) in [6.45, 7) is 0.0347.